The molecular weight excluding hydrogens is 280 g/mol. The Morgan fingerprint density at radius 1 is 1.23 bits per heavy atom. The molecule has 2 rings (SSSR count). The molecule has 0 unspecified atom stereocenters. The predicted octanol–water partition coefficient (Wildman–Crippen LogP) is 2.49. The molecule has 0 aliphatic heterocycles. The molecule has 0 bridgehead atoms. The first-order valence-electron chi connectivity index (χ1n) is 7.07. The predicted molar refractivity (Wildman–Crippen MR) is 85.4 cm³/mol. The Bertz CT molecular complexity index is 750. The standard InChI is InChI=1S/C17H20N2O3/c1-10-5-8-15(22-4)14(9-10)12(3)19-17(21)13-7-6-11(2)18-16(13)20/h5-9,12H,1-4H3,(H,18,20)(H,19,21)/t12-/m0/s1. The lowest BCUT2D eigenvalue weighted by atomic mass is 10.0. The van der Waals surface area contributed by atoms with Crippen molar-refractivity contribution in [2.45, 2.75) is 26.8 Å². The summed E-state index contributed by atoms with van der Waals surface area (Å²) >= 11 is 0. The van der Waals surface area contributed by atoms with Crippen LogP contribution in [-0.4, -0.2) is 18.0 Å². The number of aromatic nitrogens is 1. The molecule has 1 amide bonds. The summed E-state index contributed by atoms with van der Waals surface area (Å²) < 4.78 is 5.33. The van der Waals surface area contributed by atoms with Crippen LogP contribution in [0.2, 0.25) is 0 Å². The first kappa shape index (κ1) is 15.8. The van der Waals surface area contributed by atoms with Gasteiger partial charge in [-0.1, -0.05) is 17.7 Å². The molecule has 0 saturated carbocycles. The summed E-state index contributed by atoms with van der Waals surface area (Å²) in [6, 6.07) is 8.73. The van der Waals surface area contributed by atoms with Crippen LogP contribution in [0, 0.1) is 13.8 Å². The third-order valence-electron chi connectivity index (χ3n) is 3.50. The van der Waals surface area contributed by atoms with Crippen molar-refractivity contribution in [2.24, 2.45) is 0 Å². The number of H-pyrrole nitrogens is 1. The summed E-state index contributed by atoms with van der Waals surface area (Å²) in [5.41, 5.74) is 2.38. The normalized spacial score (nSPS) is 11.8. The van der Waals surface area contributed by atoms with Crippen LogP contribution in [0.3, 0.4) is 0 Å². The number of hydrogen-bond donors (Lipinski definition) is 2. The van der Waals surface area contributed by atoms with E-state index in [-0.39, 0.29) is 17.2 Å². The van der Waals surface area contributed by atoms with Gasteiger partial charge in [0.15, 0.2) is 0 Å². The van der Waals surface area contributed by atoms with Crippen LogP contribution < -0.4 is 15.6 Å². The van der Waals surface area contributed by atoms with E-state index in [0.29, 0.717) is 5.75 Å². The number of methoxy groups -OCH3 is 1. The van der Waals surface area contributed by atoms with E-state index in [4.69, 9.17) is 4.74 Å². The van der Waals surface area contributed by atoms with E-state index in [1.165, 1.54) is 6.07 Å². The molecule has 1 heterocycles. The molecule has 5 nitrogen and oxygen atoms in total. The van der Waals surface area contributed by atoms with E-state index in [0.717, 1.165) is 16.8 Å². The number of benzene rings is 1. The van der Waals surface area contributed by atoms with Crippen LogP contribution in [0.4, 0.5) is 0 Å². The first-order chi connectivity index (χ1) is 10.4. The monoisotopic (exact) mass is 300 g/mol. The van der Waals surface area contributed by atoms with Crippen molar-refractivity contribution in [2.75, 3.05) is 7.11 Å². The molecule has 0 radical (unpaired) electrons. The number of ether oxygens (including phenoxy) is 1. The second-order valence-corrected chi connectivity index (χ2v) is 5.32. The van der Waals surface area contributed by atoms with E-state index in [9.17, 15) is 9.59 Å². The van der Waals surface area contributed by atoms with Crippen LogP contribution >= 0.6 is 0 Å². The van der Waals surface area contributed by atoms with Crippen LogP contribution in [0.5, 0.6) is 5.75 Å². The zero-order chi connectivity index (χ0) is 16.3. The van der Waals surface area contributed by atoms with Gasteiger partial charge in [-0.25, -0.2) is 0 Å². The van der Waals surface area contributed by atoms with Gasteiger partial charge in [-0.05, 0) is 39.0 Å². The number of pyridine rings is 1. The average molecular weight is 300 g/mol. The minimum Gasteiger partial charge on any atom is -0.496 e. The Morgan fingerprint density at radius 3 is 2.59 bits per heavy atom. The molecule has 0 spiro atoms. The van der Waals surface area contributed by atoms with Gasteiger partial charge in [0.2, 0.25) is 0 Å². The summed E-state index contributed by atoms with van der Waals surface area (Å²) in [4.78, 5) is 26.7. The van der Waals surface area contributed by atoms with Gasteiger partial charge in [0.05, 0.1) is 13.2 Å². The summed E-state index contributed by atoms with van der Waals surface area (Å²) in [7, 11) is 1.59. The quantitative estimate of drug-likeness (QED) is 0.911. The fourth-order valence-electron chi connectivity index (χ4n) is 2.30. The highest BCUT2D eigenvalue weighted by molar-refractivity contribution is 5.94. The Labute approximate surface area is 129 Å². The van der Waals surface area contributed by atoms with E-state index in [2.05, 4.69) is 10.3 Å². The Kier molecular flexibility index (Phi) is 4.65. The number of nitrogens with one attached hydrogen (secondary N) is 2. The van der Waals surface area contributed by atoms with Gasteiger partial charge in [-0.2, -0.15) is 0 Å². The number of hydrogen-bond acceptors (Lipinski definition) is 3. The van der Waals surface area contributed by atoms with Crippen LogP contribution in [0.1, 0.15) is 40.1 Å². The third kappa shape index (κ3) is 3.36. The molecule has 2 N–H and O–H groups in total. The molecule has 0 saturated heterocycles. The van der Waals surface area contributed by atoms with Gasteiger partial charge in [0.1, 0.15) is 11.3 Å². The Morgan fingerprint density at radius 2 is 1.95 bits per heavy atom. The maximum Gasteiger partial charge on any atom is 0.260 e. The van der Waals surface area contributed by atoms with Gasteiger partial charge in [-0.15, -0.1) is 0 Å². The summed E-state index contributed by atoms with van der Waals surface area (Å²) in [5.74, 6) is 0.300. The third-order valence-corrected chi connectivity index (χ3v) is 3.50. The highest BCUT2D eigenvalue weighted by Gasteiger charge is 2.17. The number of rotatable bonds is 4. The molecule has 1 aromatic heterocycles. The molecule has 0 aliphatic rings. The topological polar surface area (TPSA) is 71.2 Å². The van der Waals surface area contributed by atoms with Crippen molar-refractivity contribution < 1.29 is 9.53 Å². The zero-order valence-corrected chi connectivity index (χ0v) is 13.2. The van der Waals surface area contributed by atoms with Crippen molar-refractivity contribution in [3.05, 3.63) is 63.1 Å². The molecule has 5 heteroatoms. The van der Waals surface area contributed by atoms with Crippen molar-refractivity contribution in [1.29, 1.82) is 0 Å². The van der Waals surface area contributed by atoms with Crippen LogP contribution in [0.25, 0.3) is 0 Å². The lowest BCUT2D eigenvalue weighted by molar-refractivity contribution is 0.0938. The Balaban J connectivity index is 2.25. The molecule has 1 atom stereocenters. The summed E-state index contributed by atoms with van der Waals surface area (Å²) in [6.07, 6.45) is 0. The minimum atomic E-state index is -0.405. The van der Waals surface area contributed by atoms with Gasteiger partial charge in [0.25, 0.3) is 11.5 Å². The molecule has 0 fully saturated rings. The highest BCUT2D eigenvalue weighted by atomic mass is 16.5. The van der Waals surface area contributed by atoms with Crippen molar-refractivity contribution in [3.8, 4) is 5.75 Å². The Hall–Kier alpha value is -2.56. The fourth-order valence-corrected chi connectivity index (χ4v) is 2.30. The van der Waals surface area contributed by atoms with Crippen molar-refractivity contribution in [1.82, 2.24) is 10.3 Å². The maximum absolute atomic E-state index is 12.3. The largest absolute Gasteiger partial charge is 0.496 e. The van der Waals surface area contributed by atoms with Crippen molar-refractivity contribution >= 4 is 5.91 Å². The van der Waals surface area contributed by atoms with Gasteiger partial charge in [0, 0.05) is 11.3 Å². The van der Waals surface area contributed by atoms with Gasteiger partial charge in [-0.3, -0.25) is 9.59 Å². The van der Waals surface area contributed by atoms with Crippen LogP contribution in [0.15, 0.2) is 35.1 Å². The summed E-state index contributed by atoms with van der Waals surface area (Å²) in [6.45, 7) is 5.60. The summed E-state index contributed by atoms with van der Waals surface area (Å²) in [5, 5.41) is 2.84. The maximum atomic E-state index is 12.3. The number of aryl methyl sites for hydroxylation is 2. The lowest BCUT2D eigenvalue weighted by Crippen LogP contribution is -2.31. The number of carbonyl (C=O) groups is 1. The van der Waals surface area contributed by atoms with E-state index in [1.807, 2.05) is 32.0 Å². The average Bonchev–Trinajstić information content (AvgIpc) is 2.46. The van der Waals surface area contributed by atoms with Gasteiger partial charge < -0.3 is 15.0 Å². The lowest BCUT2D eigenvalue weighted by Gasteiger charge is -2.18. The van der Waals surface area contributed by atoms with Gasteiger partial charge >= 0.3 is 0 Å². The number of aromatic amines is 1. The number of amides is 1. The smallest absolute Gasteiger partial charge is 0.260 e. The molecule has 1 aromatic carbocycles. The molecule has 0 aliphatic carbocycles. The molecule has 22 heavy (non-hydrogen) atoms. The van der Waals surface area contributed by atoms with Crippen molar-refractivity contribution in [3.63, 3.8) is 0 Å². The zero-order valence-electron chi connectivity index (χ0n) is 13.2. The second kappa shape index (κ2) is 6.47. The molecule has 116 valence electrons. The second-order valence-electron chi connectivity index (χ2n) is 5.32. The SMILES string of the molecule is COc1ccc(C)cc1[C@H](C)NC(=O)c1ccc(C)[nH]c1=O. The van der Waals surface area contributed by atoms with E-state index < -0.39 is 5.91 Å². The first-order valence-corrected chi connectivity index (χ1v) is 7.07. The molecule has 2 aromatic rings. The fraction of sp³-hybridized carbons (Fsp3) is 0.294. The number of carbonyl (C=O) groups excluding carboxylic acids is 1. The molecular formula is C17H20N2O3. The van der Waals surface area contributed by atoms with Crippen LogP contribution in [-0.2, 0) is 0 Å². The minimum absolute atomic E-state index is 0.101. The van der Waals surface area contributed by atoms with E-state index in [1.54, 1.807) is 20.1 Å². The van der Waals surface area contributed by atoms with E-state index >= 15 is 0 Å². The highest BCUT2D eigenvalue weighted by Crippen LogP contribution is 2.26.